The van der Waals surface area contributed by atoms with Crippen molar-refractivity contribution in [2.45, 2.75) is 30.6 Å². The number of hydrogen-bond donors (Lipinski definition) is 0. The van der Waals surface area contributed by atoms with Crippen LogP contribution in [0.2, 0.25) is 0 Å². The van der Waals surface area contributed by atoms with E-state index in [1.807, 2.05) is 0 Å². The molecule has 1 nitrogen and oxygen atoms in total. The molecule has 0 saturated heterocycles. The maximum Gasteiger partial charge on any atom is 0.146 e. The van der Waals surface area contributed by atoms with Gasteiger partial charge in [0.1, 0.15) is 11.6 Å². The van der Waals surface area contributed by atoms with Crippen LogP contribution in [-0.4, -0.2) is 11.5 Å². The Morgan fingerprint density at radius 2 is 1.88 bits per heavy atom. The first-order chi connectivity index (χ1) is 7.75. The van der Waals surface area contributed by atoms with Gasteiger partial charge in [0.05, 0.1) is 5.75 Å². The number of benzene rings is 1. The third-order valence-corrected chi connectivity index (χ3v) is 4.04. The minimum absolute atomic E-state index is 0.230. The summed E-state index contributed by atoms with van der Waals surface area (Å²) < 4.78 is 12.7. The highest BCUT2D eigenvalue weighted by Gasteiger charge is 2.22. The SMILES string of the molecule is O=C(CSc1ccc(F)cc1)C1CCCC1. The lowest BCUT2D eigenvalue weighted by atomic mass is 10.0. The standard InChI is InChI=1S/C13H15FOS/c14-11-5-7-12(8-6-11)16-9-13(15)10-3-1-2-4-10/h5-8,10H,1-4,9H2. The van der Waals surface area contributed by atoms with Gasteiger partial charge in [-0.15, -0.1) is 11.8 Å². The van der Waals surface area contributed by atoms with Gasteiger partial charge in [-0.25, -0.2) is 4.39 Å². The van der Waals surface area contributed by atoms with E-state index in [-0.39, 0.29) is 11.7 Å². The Morgan fingerprint density at radius 1 is 1.25 bits per heavy atom. The smallest absolute Gasteiger partial charge is 0.146 e. The normalized spacial score (nSPS) is 16.6. The van der Waals surface area contributed by atoms with Crippen molar-refractivity contribution in [3.05, 3.63) is 30.1 Å². The summed E-state index contributed by atoms with van der Waals surface area (Å²) >= 11 is 1.51. The van der Waals surface area contributed by atoms with Crippen molar-refractivity contribution in [3.8, 4) is 0 Å². The highest BCUT2D eigenvalue weighted by molar-refractivity contribution is 8.00. The van der Waals surface area contributed by atoms with Gasteiger partial charge in [0.15, 0.2) is 0 Å². The topological polar surface area (TPSA) is 17.1 Å². The average Bonchev–Trinajstić information content (AvgIpc) is 2.81. The molecule has 0 heterocycles. The van der Waals surface area contributed by atoms with Crippen LogP contribution in [0, 0.1) is 11.7 Å². The highest BCUT2D eigenvalue weighted by atomic mass is 32.2. The van der Waals surface area contributed by atoms with Crippen molar-refractivity contribution < 1.29 is 9.18 Å². The molecule has 0 aromatic heterocycles. The predicted octanol–water partition coefficient (Wildman–Crippen LogP) is 3.68. The summed E-state index contributed by atoms with van der Waals surface area (Å²) in [4.78, 5) is 12.8. The fraction of sp³-hybridized carbons (Fsp3) is 0.462. The van der Waals surface area contributed by atoms with E-state index in [1.54, 1.807) is 12.1 Å². The second-order valence-electron chi connectivity index (χ2n) is 4.19. The molecule has 1 aromatic rings. The van der Waals surface area contributed by atoms with Gasteiger partial charge in [0.2, 0.25) is 0 Å². The monoisotopic (exact) mass is 238 g/mol. The predicted molar refractivity (Wildman–Crippen MR) is 64.1 cm³/mol. The molecule has 86 valence electrons. The zero-order valence-corrected chi connectivity index (χ0v) is 9.93. The maximum absolute atomic E-state index is 12.7. The van der Waals surface area contributed by atoms with Crippen molar-refractivity contribution in [1.82, 2.24) is 0 Å². The van der Waals surface area contributed by atoms with Gasteiger partial charge in [-0.2, -0.15) is 0 Å². The van der Waals surface area contributed by atoms with E-state index < -0.39 is 0 Å². The molecule has 0 amide bonds. The molecule has 1 fully saturated rings. The molecule has 3 heteroatoms. The van der Waals surface area contributed by atoms with E-state index >= 15 is 0 Å². The minimum Gasteiger partial charge on any atom is -0.298 e. The van der Waals surface area contributed by atoms with E-state index in [0.29, 0.717) is 11.5 Å². The number of carbonyl (C=O) groups is 1. The van der Waals surface area contributed by atoms with Crippen molar-refractivity contribution >= 4 is 17.5 Å². The summed E-state index contributed by atoms with van der Waals surface area (Å²) in [5.41, 5.74) is 0. The van der Waals surface area contributed by atoms with Crippen LogP contribution in [0.5, 0.6) is 0 Å². The summed E-state index contributed by atoms with van der Waals surface area (Å²) in [7, 11) is 0. The lowest BCUT2D eigenvalue weighted by Gasteiger charge is -2.07. The molecular formula is C13H15FOS. The summed E-state index contributed by atoms with van der Waals surface area (Å²) in [6.45, 7) is 0. The zero-order chi connectivity index (χ0) is 11.4. The average molecular weight is 238 g/mol. The highest BCUT2D eigenvalue weighted by Crippen LogP contribution is 2.28. The van der Waals surface area contributed by atoms with Crippen LogP contribution in [0.15, 0.2) is 29.2 Å². The van der Waals surface area contributed by atoms with Crippen LogP contribution in [0.1, 0.15) is 25.7 Å². The number of ketones is 1. The quantitative estimate of drug-likeness (QED) is 0.744. The zero-order valence-electron chi connectivity index (χ0n) is 9.12. The first kappa shape index (κ1) is 11.6. The van der Waals surface area contributed by atoms with Gasteiger partial charge in [-0.3, -0.25) is 4.79 Å². The molecule has 1 aliphatic carbocycles. The largest absolute Gasteiger partial charge is 0.298 e. The number of hydrogen-bond acceptors (Lipinski definition) is 2. The van der Waals surface area contributed by atoms with Crippen LogP contribution >= 0.6 is 11.8 Å². The molecule has 1 saturated carbocycles. The third kappa shape index (κ3) is 3.08. The molecule has 16 heavy (non-hydrogen) atoms. The van der Waals surface area contributed by atoms with Crippen molar-refractivity contribution in [1.29, 1.82) is 0 Å². The first-order valence-corrected chi connectivity index (χ1v) is 6.65. The van der Waals surface area contributed by atoms with Gasteiger partial charge in [-0.05, 0) is 37.1 Å². The molecule has 0 unspecified atom stereocenters. The molecule has 0 aliphatic heterocycles. The molecule has 1 aromatic carbocycles. The van der Waals surface area contributed by atoms with Gasteiger partial charge in [-0.1, -0.05) is 12.8 Å². The second-order valence-corrected chi connectivity index (χ2v) is 5.24. The Bertz CT molecular complexity index is 355. The van der Waals surface area contributed by atoms with Gasteiger partial charge in [0.25, 0.3) is 0 Å². The Kier molecular flexibility index (Phi) is 3.99. The van der Waals surface area contributed by atoms with E-state index in [2.05, 4.69) is 0 Å². The van der Waals surface area contributed by atoms with Gasteiger partial charge < -0.3 is 0 Å². The van der Waals surface area contributed by atoms with Crippen LogP contribution in [0.3, 0.4) is 0 Å². The molecule has 0 N–H and O–H groups in total. The van der Waals surface area contributed by atoms with Crippen LogP contribution < -0.4 is 0 Å². The molecule has 2 rings (SSSR count). The van der Waals surface area contributed by atoms with Gasteiger partial charge in [0, 0.05) is 10.8 Å². The molecule has 0 spiro atoms. The summed E-state index contributed by atoms with van der Waals surface area (Å²) in [6, 6.07) is 6.31. The van der Waals surface area contributed by atoms with E-state index in [4.69, 9.17) is 0 Å². The lowest BCUT2D eigenvalue weighted by Crippen LogP contribution is -2.12. The Labute approximate surface area is 99.4 Å². The molecule has 0 radical (unpaired) electrons. The summed E-state index contributed by atoms with van der Waals surface area (Å²) in [6.07, 6.45) is 4.50. The van der Waals surface area contributed by atoms with Crippen molar-refractivity contribution in [2.24, 2.45) is 5.92 Å². The van der Waals surface area contributed by atoms with Crippen molar-refractivity contribution in [3.63, 3.8) is 0 Å². The Morgan fingerprint density at radius 3 is 2.50 bits per heavy atom. The number of halogens is 1. The minimum atomic E-state index is -0.230. The van der Waals surface area contributed by atoms with Crippen molar-refractivity contribution in [2.75, 3.05) is 5.75 Å². The summed E-state index contributed by atoms with van der Waals surface area (Å²) in [5.74, 6) is 0.933. The van der Waals surface area contributed by atoms with E-state index in [9.17, 15) is 9.18 Å². The number of Topliss-reactive ketones (excluding diaryl/α,β-unsaturated/α-hetero) is 1. The number of carbonyl (C=O) groups excluding carboxylic acids is 1. The Hall–Kier alpha value is -0.830. The first-order valence-electron chi connectivity index (χ1n) is 5.67. The van der Waals surface area contributed by atoms with Crippen LogP contribution in [0.4, 0.5) is 4.39 Å². The fourth-order valence-corrected chi connectivity index (χ4v) is 2.92. The second kappa shape index (κ2) is 5.48. The summed E-state index contributed by atoms with van der Waals surface area (Å²) in [5, 5.41) is 0. The number of rotatable bonds is 4. The lowest BCUT2D eigenvalue weighted by molar-refractivity contribution is -0.120. The van der Waals surface area contributed by atoms with Crippen LogP contribution in [0.25, 0.3) is 0 Å². The molecule has 1 aliphatic rings. The van der Waals surface area contributed by atoms with Gasteiger partial charge >= 0.3 is 0 Å². The van der Waals surface area contributed by atoms with E-state index in [1.165, 1.54) is 36.7 Å². The fourth-order valence-electron chi connectivity index (χ4n) is 2.05. The van der Waals surface area contributed by atoms with Crippen LogP contribution in [-0.2, 0) is 4.79 Å². The Balaban J connectivity index is 1.82. The molecule has 0 atom stereocenters. The maximum atomic E-state index is 12.7. The molecular weight excluding hydrogens is 223 g/mol. The number of thioether (sulfide) groups is 1. The molecule has 0 bridgehead atoms. The third-order valence-electron chi connectivity index (χ3n) is 3.01. The van der Waals surface area contributed by atoms with E-state index in [0.717, 1.165) is 17.7 Å².